The number of benzene rings is 2. The number of nitriles is 1. The maximum absolute atomic E-state index is 11.1. The molecule has 0 heterocycles. The third-order valence-electron chi connectivity index (χ3n) is 9.41. The Hall–Kier alpha value is -3.06. The van der Waals surface area contributed by atoms with Crippen LogP contribution >= 0.6 is 0 Å². The Bertz CT molecular complexity index is 1130. The predicted octanol–water partition coefficient (Wildman–Crippen LogP) is 11.5. The van der Waals surface area contributed by atoms with Crippen molar-refractivity contribution in [3.8, 4) is 22.9 Å². The molecule has 0 spiro atoms. The van der Waals surface area contributed by atoms with Crippen LogP contribution in [0.15, 0.2) is 61.2 Å². The molecular formula is C40H57NO3. The van der Waals surface area contributed by atoms with Crippen LogP contribution in [0.1, 0.15) is 141 Å². The summed E-state index contributed by atoms with van der Waals surface area (Å²) in [5, 5.41) is 10.1. The average Bonchev–Trinajstić information content (AvgIpc) is 3.06. The Balaban J connectivity index is 1.46. The fourth-order valence-corrected chi connectivity index (χ4v) is 6.78. The standard InChI is InChI=1S/C40H57NO3/c1-4-7-8-11-14-28-40(32-41)29-16-18-36(31-40)35-22-20-33(21-23-35)34-24-26-38(27-25-34)44-37(17-5-2)19-13-10-9-12-15-30-43-39(42)6-3/h6,20-27,36-37H,3-5,7-19,28-31H2,1-2H3. The minimum atomic E-state index is -0.336. The number of hydrogen-bond donors (Lipinski definition) is 0. The quantitative estimate of drug-likeness (QED) is 0.0813. The maximum Gasteiger partial charge on any atom is 0.330 e. The summed E-state index contributed by atoms with van der Waals surface area (Å²) in [6.07, 6.45) is 22.0. The van der Waals surface area contributed by atoms with Crippen LogP contribution in [0.4, 0.5) is 0 Å². The molecule has 0 saturated heterocycles. The summed E-state index contributed by atoms with van der Waals surface area (Å²) in [5.41, 5.74) is 3.68. The molecule has 1 fully saturated rings. The van der Waals surface area contributed by atoms with E-state index in [1.165, 1.54) is 67.7 Å². The van der Waals surface area contributed by atoms with Crippen LogP contribution in [0.2, 0.25) is 0 Å². The molecule has 1 saturated carbocycles. The highest BCUT2D eigenvalue weighted by Gasteiger charge is 2.36. The summed E-state index contributed by atoms with van der Waals surface area (Å²) in [6, 6.07) is 20.4. The molecule has 0 aromatic heterocycles. The lowest BCUT2D eigenvalue weighted by molar-refractivity contribution is -0.137. The molecule has 0 bridgehead atoms. The second kappa shape index (κ2) is 20.1. The highest BCUT2D eigenvalue weighted by atomic mass is 16.5. The van der Waals surface area contributed by atoms with Crippen molar-refractivity contribution in [3.05, 3.63) is 66.7 Å². The SMILES string of the molecule is C=CC(=O)OCCCCCCCC(CCC)Oc1ccc(-c2ccc(C3CCCC(C#N)(CCCCCCC)C3)cc2)cc1. The van der Waals surface area contributed by atoms with Gasteiger partial charge in [-0.1, -0.05) is 121 Å². The molecular weight excluding hydrogens is 542 g/mol. The average molecular weight is 600 g/mol. The van der Waals surface area contributed by atoms with Gasteiger partial charge in [-0.25, -0.2) is 4.79 Å². The molecule has 4 nitrogen and oxygen atoms in total. The van der Waals surface area contributed by atoms with E-state index in [0.29, 0.717) is 12.5 Å². The van der Waals surface area contributed by atoms with Gasteiger partial charge in [-0.05, 0) is 86.1 Å². The van der Waals surface area contributed by atoms with E-state index in [1.807, 2.05) is 0 Å². The van der Waals surface area contributed by atoms with Crippen molar-refractivity contribution in [2.24, 2.45) is 5.41 Å². The first-order valence-electron chi connectivity index (χ1n) is 17.6. The summed E-state index contributed by atoms with van der Waals surface area (Å²) < 4.78 is 11.5. The van der Waals surface area contributed by atoms with Crippen molar-refractivity contribution in [2.75, 3.05) is 6.61 Å². The summed E-state index contributed by atoms with van der Waals surface area (Å²) >= 11 is 0. The van der Waals surface area contributed by atoms with Gasteiger partial charge in [-0.15, -0.1) is 0 Å². The van der Waals surface area contributed by atoms with Gasteiger partial charge in [-0.3, -0.25) is 0 Å². The third kappa shape index (κ3) is 12.1. The molecule has 44 heavy (non-hydrogen) atoms. The van der Waals surface area contributed by atoms with E-state index in [-0.39, 0.29) is 17.5 Å². The summed E-state index contributed by atoms with van der Waals surface area (Å²) in [5.74, 6) is 1.09. The Labute approximate surface area is 268 Å². The van der Waals surface area contributed by atoms with Gasteiger partial charge in [0.1, 0.15) is 5.75 Å². The topological polar surface area (TPSA) is 59.3 Å². The Morgan fingerprint density at radius 1 is 0.909 bits per heavy atom. The molecule has 3 unspecified atom stereocenters. The highest BCUT2D eigenvalue weighted by Crippen LogP contribution is 2.47. The Morgan fingerprint density at radius 3 is 2.25 bits per heavy atom. The highest BCUT2D eigenvalue weighted by molar-refractivity contribution is 5.81. The van der Waals surface area contributed by atoms with Gasteiger partial charge in [0.15, 0.2) is 0 Å². The molecule has 3 atom stereocenters. The summed E-state index contributed by atoms with van der Waals surface area (Å²) in [4.78, 5) is 11.1. The second-order valence-electron chi connectivity index (χ2n) is 13.0. The third-order valence-corrected chi connectivity index (χ3v) is 9.41. The van der Waals surface area contributed by atoms with E-state index < -0.39 is 0 Å². The number of carbonyl (C=O) groups excluding carboxylic acids is 1. The largest absolute Gasteiger partial charge is 0.490 e. The first-order valence-corrected chi connectivity index (χ1v) is 17.6. The van der Waals surface area contributed by atoms with Gasteiger partial charge >= 0.3 is 5.97 Å². The minimum absolute atomic E-state index is 0.136. The molecule has 1 aliphatic carbocycles. The first-order chi connectivity index (χ1) is 21.5. The number of esters is 1. The van der Waals surface area contributed by atoms with Crippen molar-refractivity contribution in [3.63, 3.8) is 0 Å². The number of ether oxygens (including phenoxy) is 2. The second-order valence-corrected chi connectivity index (χ2v) is 13.0. The van der Waals surface area contributed by atoms with Crippen molar-refractivity contribution in [2.45, 2.75) is 141 Å². The van der Waals surface area contributed by atoms with Gasteiger partial charge in [0.25, 0.3) is 0 Å². The Kier molecular flexibility index (Phi) is 16.2. The molecule has 3 rings (SSSR count). The monoisotopic (exact) mass is 599 g/mol. The van der Waals surface area contributed by atoms with Crippen molar-refractivity contribution in [1.82, 2.24) is 0 Å². The van der Waals surface area contributed by atoms with Crippen LogP contribution in [0, 0.1) is 16.7 Å². The van der Waals surface area contributed by atoms with Crippen LogP contribution < -0.4 is 4.74 Å². The van der Waals surface area contributed by atoms with E-state index in [1.54, 1.807) is 0 Å². The zero-order valence-electron chi connectivity index (χ0n) is 27.7. The van der Waals surface area contributed by atoms with E-state index in [0.717, 1.165) is 76.4 Å². The minimum Gasteiger partial charge on any atom is -0.490 e. The van der Waals surface area contributed by atoms with Gasteiger partial charge in [0.2, 0.25) is 0 Å². The van der Waals surface area contributed by atoms with E-state index in [4.69, 9.17) is 9.47 Å². The van der Waals surface area contributed by atoms with Crippen LogP contribution in [-0.4, -0.2) is 18.7 Å². The number of nitrogens with zero attached hydrogens (tertiary/aromatic N) is 1. The number of rotatable bonds is 21. The van der Waals surface area contributed by atoms with Crippen molar-refractivity contribution >= 4 is 5.97 Å². The van der Waals surface area contributed by atoms with Crippen LogP contribution in [0.25, 0.3) is 11.1 Å². The molecule has 240 valence electrons. The van der Waals surface area contributed by atoms with Crippen LogP contribution in [-0.2, 0) is 9.53 Å². The number of hydrogen-bond acceptors (Lipinski definition) is 4. The van der Waals surface area contributed by atoms with E-state index >= 15 is 0 Å². The zero-order valence-corrected chi connectivity index (χ0v) is 27.7. The van der Waals surface area contributed by atoms with Crippen molar-refractivity contribution < 1.29 is 14.3 Å². The zero-order chi connectivity index (χ0) is 31.5. The lowest BCUT2D eigenvalue weighted by atomic mass is 9.66. The molecule has 0 amide bonds. The number of unbranched alkanes of at least 4 members (excludes halogenated alkanes) is 8. The Morgan fingerprint density at radius 2 is 1.57 bits per heavy atom. The smallest absolute Gasteiger partial charge is 0.330 e. The van der Waals surface area contributed by atoms with Crippen LogP contribution in [0.3, 0.4) is 0 Å². The molecule has 0 aliphatic heterocycles. The normalized spacial score (nSPS) is 18.7. The van der Waals surface area contributed by atoms with Gasteiger partial charge < -0.3 is 9.47 Å². The first kappa shape index (κ1) is 35.4. The van der Waals surface area contributed by atoms with E-state index in [9.17, 15) is 10.1 Å². The molecule has 2 aromatic rings. The number of carbonyl (C=O) groups is 1. The lowest BCUT2D eigenvalue weighted by Crippen LogP contribution is -2.26. The predicted molar refractivity (Wildman–Crippen MR) is 183 cm³/mol. The molecule has 0 N–H and O–H groups in total. The van der Waals surface area contributed by atoms with Crippen LogP contribution in [0.5, 0.6) is 5.75 Å². The van der Waals surface area contributed by atoms with Gasteiger partial charge in [-0.2, -0.15) is 5.26 Å². The van der Waals surface area contributed by atoms with E-state index in [2.05, 4.69) is 75.0 Å². The summed E-state index contributed by atoms with van der Waals surface area (Å²) in [7, 11) is 0. The molecule has 2 aromatic carbocycles. The molecule has 1 aliphatic rings. The fraction of sp³-hybridized carbons (Fsp3) is 0.600. The molecule has 0 radical (unpaired) electrons. The molecule has 4 heteroatoms. The lowest BCUT2D eigenvalue weighted by Gasteiger charge is -2.36. The fourth-order valence-electron chi connectivity index (χ4n) is 6.78. The summed E-state index contributed by atoms with van der Waals surface area (Å²) in [6.45, 7) is 8.37. The van der Waals surface area contributed by atoms with Crippen molar-refractivity contribution in [1.29, 1.82) is 5.26 Å². The van der Waals surface area contributed by atoms with Gasteiger partial charge in [0.05, 0.1) is 24.2 Å². The van der Waals surface area contributed by atoms with Gasteiger partial charge in [0, 0.05) is 6.08 Å². The maximum atomic E-state index is 11.1.